The highest BCUT2D eigenvalue weighted by atomic mass is 16.5. The first-order valence-corrected chi connectivity index (χ1v) is 6.64. The lowest BCUT2D eigenvalue weighted by molar-refractivity contribution is 0.0519. The van der Waals surface area contributed by atoms with E-state index in [0.717, 1.165) is 16.6 Å². The topological polar surface area (TPSA) is 30.7 Å². The van der Waals surface area contributed by atoms with Gasteiger partial charge in [0.05, 0.1) is 6.61 Å². The zero-order valence-corrected chi connectivity index (χ0v) is 11.2. The molecule has 2 aromatic heterocycles. The van der Waals surface area contributed by atoms with Crippen LogP contribution in [0.2, 0.25) is 0 Å². The molecule has 20 heavy (non-hydrogen) atoms. The second-order valence-corrected chi connectivity index (χ2v) is 4.49. The first-order valence-electron chi connectivity index (χ1n) is 6.64. The van der Waals surface area contributed by atoms with E-state index in [0.29, 0.717) is 12.3 Å². The van der Waals surface area contributed by atoms with Crippen molar-refractivity contribution in [2.75, 3.05) is 6.61 Å². The monoisotopic (exact) mass is 265 g/mol. The lowest BCUT2D eigenvalue weighted by Crippen LogP contribution is -2.09. The number of benzene rings is 1. The van der Waals surface area contributed by atoms with E-state index in [4.69, 9.17) is 4.74 Å². The van der Waals surface area contributed by atoms with Gasteiger partial charge in [-0.2, -0.15) is 0 Å². The van der Waals surface area contributed by atoms with Crippen molar-refractivity contribution in [2.24, 2.45) is 0 Å². The fraction of sp³-hybridized carbons (Fsp3) is 0.118. The van der Waals surface area contributed by atoms with Crippen molar-refractivity contribution >= 4 is 11.5 Å². The molecule has 0 bridgehead atoms. The number of carbonyl (C=O) groups excluding carboxylic acids is 1. The van der Waals surface area contributed by atoms with Gasteiger partial charge in [0, 0.05) is 17.3 Å². The maximum atomic E-state index is 12.3. The Morgan fingerprint density at radius 1 is 1.10 bits per heavy atom. The quantitative estimate of drug-likeness (QED) is 0.675. The second-order valence-electron chi connectivity index (χ2n) is 4.49. The minimum Gasteiger partial charge on any atom is -0.461 e. The van der Waals surface area contributed by atoms with Gasteiger partial charge in [0.2, 0.25) is 0 Å². The number of hydrogen-bond acceptors (Lipinski definition) is 2. The Balaban J connectivity index is 2.25. The van der Waals surface area contributed by atoms with Crippen LogP contribution in [0.3, 0.4) is 0 Å². The Kier molecular flexibility index (Phi) is 3.25. The predicted octanol–water partition coefficient (Wildman–Crippen LogP) is 3.78. The Morgan fingerprint density at radius 3 is 2.60 bits per heavy atom. The Labute approximate surface area is 117 Å². The summed E-state index contributed by atoms with van der Waals surface area (Å²) in [6.45, 7) is 2.18. The van der Waals surface area contributed by atoms with Gasteiger partial charge in [-0.25, -0.2) is 4.79 Å². The van der Waals surface area contributed by atoms with Crippen LogP contribution in [0.15, 0.2) is 60.8 Å². The molecule has 1 aromatic carbocycles. The molecule has 0 fully saturated rings. The molecular weight excluding hydrogens is 250 g/mol. The molecule has 0 N–H and O–H groups in total. The van der Waals surface area contributed by atoms with Gasteiger partial charge < -0.3 is 9.14 Å². The SMILES string of the molecule is CCOC(=O)c1c(-c2ccccc2)cc2ccccn12. The van der Waals surface area contributed by atoms with E-state index in [1.54, 1.807) is 0 Å². The van der Waals surface area contributed by atoms with Crippen LogP contribution in [0.5, 0.6) is 0 Å². The third kappa shape index (κ3) is 2.07. The number of ether oxygens (including phenoxy) is 1. The van der Waals surface area contributed by atoms with Crippen molar-refractivity contribution in [3.63, 3.8) is 0 Å². The third-order valence-corrected chi connectivity index (χ3v) is 3.23. The zero-order valence-electron chi connectivity index (χ0n) is 11.2. The fourth-order valence-electron chi connectivity index (χ4n) is 2.37. The van der Waals surface area contributed by atoms with Crippen molar-refractivity contribution in [1.29, 1.82) is 0 Å². The third-order valence-electron chi connectivity index (χ3n) is 3.23. The van der Waals surface area contributed by atoms with E-state index in [2.05, 4.69) is 0 Å². The van der Waals surface area contributed by atoms with Crippen LogP contribution in [-0.2, 0) is 4.74 Å². The Hall–Kier alpha value is -2.55. The van der Waals surface area contributed by atoms with Gasteiger partial charge in [0.1, 0.15) is 5.69 Å². The van der Waals surface area contributed by atoms with Crippen LogP contribution < -0.4 is 0 Å². The number of aromatic nitrogens is 1. The van der Waals surface area contributed by atoms with Crippen molar-refractivity contribution in [2.45, 2.75) is 6.92 Å². The molecule has 0 unspecified atom stereocenters. The number of fused-ring (bicyclic) bond motifs is 1. The maximum absolute atomic E-state index is 12.3. The largest absolute Gasteiger partial charge is 0.461 e. The first-order chi connectivity index (χ1) is 9.81. The lowest BCUT2D eigenvalue weighted by atomic mass is 10.1. The van der Waals surface area contributed by atoms with Gasteiger partial charge in [-0.05, 0) is 30.7 Å². The summed E-state index contributed by atoms with van der Waals surface area (Å²) in [6, 6.07) is 17.7. The van der Waals surface area contributed by atoms with E-state index < -0.39 is 0 Å². The van der Waals surface area contributed by atoms with E-state index in [-0.39, 0.29) is 5.97 Å². The van der Waals surface area contributed by atoms with Gasteiger partial charge >= 0.3 is 5.97 Å². The second kappa shape index (κ2) is 5.21. The number of hydrogen-bond donors (Lipinski definition) is 0. The van der Waals surface area contributed by atoms with Crippen molar-refractivity contribution in [3.05, 3.63) is 66.5 Å². The summed E-state index contributed by atoms with van der Waals surface area (Å²) >= 11 is 0. The summed E-state index contributed by atoms with van der Waals surface area (Å²) in [7, 11) is 0. The standard InChI is InChI=1S/C17H15NO2/c1-2-20-17(19)16-15(13-8-4-3-5-9-13)12-14-10-6-7-11-18(14)16/h3-12H,2H2,1H3. The van der Waals surface area contributed by atoms with Gasteiger partial charge in [0.15, 0.2) is 0 Å². The van der Waals surface area contributed by atoms with Crippen molar-refractivity contribution < 1.29 is 9.53 Å². The van der Waals surface area contributed by atoms with E-state index in [9.17, 15) is 4.79 Å². The molecule has 0 aliphatic rings. The molecule has 3 nitrogen and oxygen atoms in total. The van der Waals surface area contributed by atoms with E-state index in [1.807, 2.05) is 72.1 Å². The number of rotatable bonds is 3. The zero-order chi connectivity index (χ0) is 13.9. The molecule has 0 atom stereocenters. The molecule has 0 spiro atoms. The maximum Gasteiger partial charge on any atom is 0.355 e. The molecule has 0 amide bonds. The summed E-state index contributed by atoms with van der Waals surface area (Å²) in [4.78, 5) is 12.3. The predicted molar refractivity (Wildman–Crippen MR) is 78.8 cm³/mol. The van der Waals surface area contributed by atoms with Gasteiger partial charge in [0.25, 0.3) is 0 Å². The first kappa shape index (κ1) is 12.5. The summed E-state index contributed by atoms with van der Waals surface area (Å²) in [5, 5.41) is 0. The number of esters is 1. The van der Waals surface area contributed by atoms with Gasteiger partial charge in [-0.1, -0.05) is 36.4 Å². The van der Waals surface area contributed by atoms with Crippen LogP contribution in [0, 0.1) is 0 Å². The molecule has 3 aromatic rings. The summed E-state index contributed by atoms with van der Waals surface area (Å²) in [5.41, 5.74) is 3.47. The van der Waals surface area contributed by atoms with Crippen LogP contribution in [0.25, 0.3) is 16.6 Å². The molecule has 0 saturated carbocycles. The highest BCUT2D eigenvalue weighted by Crippen LogP contribution is 2.28. The summed E-state index contributed by atoms with van der Waals surface area (Å²) < 4.78 is 7.07. The molecule has 100 valence electrons. The molecule has 0 aliphatic carbocycles. The van der Waals surface area contributed by atoms with Crippen molar-refractivity contribution in [3.8, 4) is 11.1 Å². The van der Waals surface area contributed by atoms with E-state index in [1.165, 1.54) is 0 Å². The van der Waals surface area contributed by atoms with Gasteiger partial charge in [-0.3, -0.25) is 0 Å². The minimum atomic E-state index is -0.294. The minimum absolute atomic E-state index is 0.294. The van der Waals surface area contributed by atoms with Crippen LogP contribution in [0.4, 0.5) is 0 Å². The van der Waals surface area contributed by atoms with Crippen LogP contribution in [-0.4, -0.2) is 17.0 Å². The van der Waals surface area contributed by atoms with Crippen LogP contribution >= 0.6 is 0 Å². The number of carbonyl (C=O) groups is 1. The normalized spacial score (nSPS) is 10.7. The lowest BCUT2D eigenvalue weighted by Gasteiger charge is -2.06. The number of nitrogens with zero attached hydrogens (tertiary/aromatic N) is 1. The van der Waals surface area contributed by atoms with E-state index >= 15 is 0 Å². The molecule has 0 radical (unpaired) electrons. The summed E-state index contributed by atoms with van der Waals surface area (Å²) in [5.74, 6) is -0.294. The van der Waals surface area contributed by atoms with Crippen LogP contribution in [0.1, 0.15) is 17.4 Å². The smallest absolute Gasteiger partial charge is 0.355 e. The Morgan fingerprint density at radius 2 is 1.85 bits per heavy atom. The molecule has 0 aliphatic heterocycles. The molecule has 3 rings (SSSR count). The average molecular weight is 265 g/mol. The molecule has 3 heteroatoms. The molecule has 2 heterocycles. The molecular formula is C17H15NO2. The highest BCUT2D eigenvalue weighted by molar-refractivity contribution is 5.98. The number of pyridine rings is 1. The molecule has 0 saturated heterocycles. The average Bonchev–Trinajstić information content (AvgIpc) is 2.88. The Bertz CT molecular complexity index is 744. The highest BCUT2D eigenvalue weighted by Gasteiger charge is 2.19. The summed E-state index contributed by atoms with van der Waals surface area (Å²) in [6.07, 6.45) is 1.88. The van der Waals surface area contributed by atoms with Crippen molar-refractivity contribution in [1.82, 2.24) is 4.40 Å². The van der Waals surface area contributed by atoms with Gasteiger partial charge in [-0.15, -0.1) is 0 Å². The fourth-order valence-corrected chi connectivity index (χ4v) is 2.37.